The van der Waals surface area contributed by atoms with Gasteiger partial charge in [-0.2, -0.15) is 5.10 Å². The normalized spacial score (nSPS) is 17.3. The summed E-state index contributed by atoms with van der Waals surface area (Å²) < 4.78 is 0. The molecule has 0 radical (unpaired) electrons. The van der Waals surface area contributed by atoms with Crippen LogP contribution in [-0.2, 0) is 0 Å². The number of amides is 1. The van der Waals surface area contributed by atoms with Crippen molar-refractivity contribution in [1.82, 2.24) is 15.5 Å². The van der Waals surface area contributed by atoms with E-state index in [0.29, 0.717) is 11.7 Å². The predicted molar refractivity (Wildman–Crippen MR) is 75.0 cm³/mol. The van der Waals surface area contributed by atoms with Gasteiger partial charge in [0.1, 0.15) is 0 Å². The third kappa shape index (κ3) is 2.62. The maximum Gasteiger partial charge on any atom is 0.272 e. The molecule has 3 rings (SSSR count). The lowest BCUT2D eigenvalue weighted by Crippen LogP contribution is -2.34. The Labute approximate surface area is 112 Å². The fraction of sp³-hybridized carbons (Fsp3) is 0.467. The third-order valence-corrected chi connectivity index (χ3v) is 3.88. The Morgan fingerprint density at radius 3 is 2.68 bits per heavy atom. The fourth-order valence-electron chi connectivity index (χ4n) is 2.81. The van der Waals surface area contributed by atoms with Gasteiger partial charge in [-0.15, -0.1) is 0 Å². The van der Waals surface area contributed by atoms with Gasteiger partial charge in [-0.05, 0) is 18.9 Å². The van der Waals surface area contributed by atoms with Crippen molar-refractivity contribution >= 4 is 16.8 Å². The molecule has 0 bridgehead atoms. The summed E-state index contributed by atoms with van der Waals surface area (Å²) in [5.74, 6) is -0.0515. The summed E-state index contributed by atoms with van der Waals surface area (Å²) in [5.41, 5.74) is 1.42. The van der Waals surface area contributed by atoms with Gasteiger partial charge < -0.3 is 5.32 Å². The van der Waals surface area contributed by atoms with E-state index in [4.69, 9.17) is 0 Å². The summed E-state index contributed by atoms with van der Waals surface area (Å²) in [6.45, 7) is 0. The second-order valence-electron chi connectivity index (χ2n) is 5.28. The van der Waals surface area contributed by atoms with Gasteiger partial charge >= 0.3 is 0 Å². The fourth-order valence-corrected chi connectivity index (χ4v) is 2.81. The number of rotatable bonds is 2. The van der Waals surface area contributed by atoms with Crippen molar-refractivity contribution in [2.45, 2.75) is 44.6 Å². The molecule has 2 N–H and O–H groups in total. The third-order valence-electron chi connectivity index (χ3n) is 3.88. The molecule has 1 amide bonds. The Bertz CT molecular complexity index is 568. The smallest absolute Gasteiger partial charge is 0.272 e. The van der Waals surface area contributed by atoms with Crippen LogP contribution in [0.15, 0.2) is 24.3 Å². The highest BCUT2D eigenvalue weighted by molar-refractivity contribution is 6.04. The van der Waals surface area contributed by atoms with Gasteiger partial charge in [0.25, 0.3) is 5.91 Å². The zero-order chi connectivity index (χ0) is 13.1. The van der Waals surface area contributed by atoms with Crippen molar-refractivity contribution < 1.29 is 4.79 Å². The molecule has 0 saturated heterocycles. The van der Waals surface area contributed by atoms with Gasteiger partial charge in [0, 0.05) is 11.4 Å². The Hall–Kier alpha value is -1.84. The Morgan fingerprint density at radius 1 is 1.16 bits per heavy atom. The van der Waals surface area contributed by atoms with Crippen LogP contribution in [0.4, 0.5) is 0 Å². The van der Waals surface area contributed by atoms with Crippen molar-refractivity contribution in [2.24, 2.45) is 0 Å². The molecule has 4 nitrogen and oxygen atoms in total. The lowest BCUT2D eigenvalue weighted by atomic mass is 10.1. The van der Waals surface area contributed by atoms with E-state index < -0.39 is 0 Å². The Kier molecular flexibility index (Phi) is 3.49. The van der Waals surface area contributed by atoms with Crippen LogP contribution in [0.1, 0.15) is 49.0 Å². The predicted octanol–water partition coefficient (Wildman–Crippen LogP) is 3.02. The SMILES string of the molecule is O=C(NC1CCCCCC1)c1n[nH]c2ccccc12. The van der Waals surface area contributed by atoms with Crippen molar-refractivity contribution in [3.05, 3.63) is 30.0 Å². The van der Waals surface area contributed by atoms with E-state index in [9.17, 15) is 4.79 Å². The van der Waals surface area contributed by atoms with Crippen molar-refractivity contribution in [1.29, 1.82) is 0 Å². The molecule has 0 aliphatic heterocycles. The highest BCUT2D eigenvalue weighted by Crippen LogP contribution is 2.19. The number of H-pyrrole nitrogens is 1. The summed E-state index contributed by atoms with van der Waals surface area (Å²) >= 11 is 0. The second-order valence-corrected chi connectivity index (χ2v) is 5.28. The van der Waals surface area contributed by atoms with E-state index >= 15 is 0 Å². The minimum absolute atomic E-state index is 0.0515. The molecule has 0 unspecified atom stereocenters. The molecule has 100 valence electrons. The number of aromatic amines is 1. The van der Waals surface area contributed by atoms with Crippen LogP contribution in [0.3, 0.4) is 0 Å². The highest BCUT2D eigenvalue weighted by Gasteiger charge is 2.19. The van der Waals surface area contributed by atoms with E-state index in [1.807, 2.05) is 24.3 Å². The van der Waals surface area contributed by atoms with Gasteiger partial charge in [-0.25, -0.2) is 0 Å². The summed E-state index contributed by atoms with van der Waals surface area (Å²) in [7, 11) is 0. The highest BCUT2D eigenvalue weighted by atomic mass is 16.2. The number of nitrogens with one attached hydrogen (secondary N) is 2. The van der Waals surface area contributed by atoms with Gasteiger partial charge in [-0.1, -0.05) is 43.9 Å². The number of carbonyl (C=O) groups is 1. The maximum absolute atomic E-state index is 12.3. The van der Waals surface area contributed by atoms with Gasteiger partial charge in [0.15, 0.2) is 5.69 Å². The number of carbonyl (C=O) groups excluding carboxylic acids is 1. The molecule has 4 heteroatoms. The van der Waals surface area contributed by atoms with E-state index in [0.717, 1.165) is 23.7 Å². The van der Waals surface area contributed by atoms with Gasteiger partial charge in [-0.3, -0.25) is 9.89 Å². The van der Waals surface area contributed by atoms with E-state index in [-0.39, 0.29) is 5.91 Å². The molecule has 1 aromatic heterocycles. The first-order valence-corrected chi connectivity index (χ1v) is 7.08. The van der Waals surface area contributed by atoms with Crippen LogP contribution in [0.5, 0.6) is 0 Å². The van der Waals surface area contributed by atoms with Crippen molar-refractivity contribution in [2.75, 3.05) is 0 Å². The first-order valence-electron chi connectivity index (χ1n) is 7.08. The molecule has 1 aromatic carbocycles. The number of benzene rings is 1. The summed E-state index contributed by atoms with van der Waals surface area (Å²) in [6.07, 6.45) is 7.19. The first-order chi connectivity index (χ1) is 9.34. The van der Waals surface area contributed by atoms with Crippen molar-refractivity contribution in [3.63, 3.8) is 0 Å². The van der Waals surface area contributed by atoms with Crippen LogP contribution in [0.2, 0.25) is 0 Å². The molecule has 1 aliphatic rings. The largest absolute Gasteiger partial charge is 0.348 e. The van der Waals surface area contributed by atoms with Crippen LogP contribution < -0.4 is 5.32 Å². The number of fused-ring (bicyclic) bond motifs is 1. The Balaban J connectivity index is 1.76. The lowest BCUT2D eigenvalue weighted by Gasteiger charge is -2.15. The standard InChI is InChI=1S/C15H19N3O/c19-15(16-11-7-3-1-2-4-8-11)14-12-9-5-6-10-13(12)17-18-14/h5-6,9-11H,1-4,7-8H2,(H,16,19)(H,17,18). The van der Waals surface area contributed by atoms with Crippen LogP contribution in [0.25, 0.3) is 10.9 Å². The topological polar surface area (TPSA) is 57.8 Å². The zero-order valence-corrected chi connectivity index (χ0v) is 11.0. The Morgan fingerprint density at radius 2 is 1.89 bits per heavy atom. The number of para-hydroxylation sites is 1. The lowest BCUT2D eigenvalue weighted by molar-refractivity contribution is 0.0930. The number of nitrogens with zero attached hydrogens (tertiary/aromatic N) is 1. The molecule has 1 fully saturated rings. The summed E-state index contributed by atoms with van der Waals surface area (Å²) in [5, 5.41) is 11.1. The zero-order valence-electron chi connectivity index (χ0n) is 11.0. The quantitative estimate of drug-likeness (QED) is 0.812. The van der Waals surface area contributed by atoms with Crippen LogP contribution >= 0.6 is 0 Å². The molecule has 1 aliphatic carbocycles. The first kappa shape index (κ1) is 12.2. The van der Waals surface area contributed by atoms with Crippen LogP contribution in [0, 0.1) is 0 Å². The number of aromatic nitrogens is 2. The molecule has 0 atom stereocenters. The van der Waals surface area contributed by atoms with Crippen molar-refractivity contribution in [3.8, 4) is 0 Å². The average Bonchev–Trinajstić information content (AvgIpc) is 2.70. The number of hydrogen-bond acceptors (Lipinski definition) is 2. The summed E-state index contributed by atoms with van der Waals surface area (Å²) in [6, 6.07) is 8.05. The average molecular weight is 257 g/mol. The molecule has 19 heavy (non-hydrogen) atoms. The minimum atomic E-state index is -0.0515. The molecule has 1 heterocycles. The molecule has 0 spiro atoms. The molecule has 2 aromatic rings. The van der Waals surface area contributed by atoms with Gasteiger partial charge in [0.2, 0.25) is 0 Å². The minimum Gasteiger partial charge on any atom is -0.348 e. The molecule has 1 saturated carbocycles. The van der Waals surface area contributed by atoms with Crippen LogP contribution in [-0.4, -0.2) is 22.1 Å². The van der Waals surface area contributed by atoms with Gasteiger partial charge in [0.05, 0.1) is 5.52 Å². The second kappa shape index (κ2) is 5.43. The molecular formula is C15H19N3O. The number of hydrogen-bond donors (Lipinski definition) is 2. The maximum atomic E-state index is 12.3. The van der Waals surface area contributed by atoms with E-state index in [2.05, 4.69) is 15.5 Å². The monoisotopic (exact) mass is 257 g/mol. The molecular weight excluding hydrogens is 238 g/mol. The van der Waals surface area contributed by atoms with E-state index in [1.165, 1.54) is 25.7 Å². The van der Waals surface area contributed by atoms with E-state index in [1.54, 1.807) is 0 Å². The summed E-state index contributed by atoms with van der Waals surface area (Å²) in [4.78, 5) is 12.3.